The van der Waals surface area contributed by atoms with Gasteiger partial charge in [0.1, 0.15) is 12.4 Å². The van der Waals surface area contributed by atoms with E-state index in [1.807, 2.05) is 9.80 Å². The lowest BCUT2D eigenvalue weighted by Gasteiger charge is -2.31. The summed E-state index contributed by atoms with van der Waals surface area (Å²) in [6, 6.07) is 3.87. The van der Waals surface area contributed by atoms with Crippen LogP contribution in [-0.2, 0) is 16.0 Å². The van der Waals surface area contributed by atoms with Gasteiger partial charge in [0, 0.05) is 38.3 Å². The van der Waals surface area contributed by atoms with Gasteiger partial charge in [0.25, 0.3) is 17.8 Å². The number of oxazole rings is 1. The number of carbonyl (C=O) groups is 2. The van der Waals surface area contributed by atoms with Gasteiger partial charge in [-0.05, 0) is 31.5 Å². The van der Waals surface area contributed by atoms with Crippen molar-refractivity contribution in [3.63, 3.8) is 0 Å². The summed E-state index contributed by atoms with van der Waals surface area (Å²) in [5.41, 5.74) is 0.911. The maximum absolute atomic E-state index is 14.6. The van der Waals surface area contributed by atoms with Crippen LogP contribution in [0.25, 0.3) is 0 Å². The van der Waals surface area contributed by atoms with Gasteiger partial charge in [-0.3, -0.25) is 9.59 Å². The smallest absolute Gasteiger partial charge is 0.298 e. The zero-order chi connectivity index (χ0) is 26.2. The van der Waals surface area contributed by atoms with Crippen molar-refractivity contribution >= 4 is 29.2 Å². The number of benzene rings is 1. The Hall–Kier alpha value is -3.22. The van der Waals surface area contributed by atoms with E-state index in [1.165, 1.54) is 25.0 Å². The van der Waals surface area contributed by atoms with Crippen molar-refractivity contribution < 1.29 is 33.0 Å². The van der Waals surface area contributed by atoms with Crippen LogP contribution in [0.3, 0.4) is 0 Å². The van der Waals surface area contributed by atoms with E-state index < -0.39 is 17.7 Å². The fourth-order valence-corrected chi connectivity index (χ4v) is 4.60. The van der Waals surface area contributed by atoms with Crippen molar-refractivity contribution in [3.05, 3.63) is 35.2 Å². The van der Waals surface area contributed by atoms with Gasteiger partial charge < -0.3 is 39.0 Å². The molecule has 5 rings (SSSR count). The number of nitrogens with one attached hydrogen (secondary N) is 1. The van der Waals surface area contributed by atoms with E-state index >= 15 is 0 Å². The Balaban J connectivity index is 1.39. The number of aliphatic hydroxyl groups is 1. The standard InChI is InChI=1S/C25H32FN5O6/c1-25(2,34)21(26)14-31-13-16-11-18(20(12-17(16)23(31)33)29-3-7-35-8-4-29)27-22(32)19-15-37-24(28-19)30-5-9-36-10-6-30/h11-12,15,21,34H,3-10,13-14H2,1-2H3,(H,27,32)/t21-/m1/s1. The third kappa shape index (κ3) is 5.41. The molecule has 37 heavy (non-hydrogen) atoms. The average Bonchev–Trinajstić information content (AvgIpc) is 3.49. The average molecular weight is 518 g/mol. The second-order valence-electron chi connectivity index (χ2n) is 10.0. The number of amides is 2. The molecule has 2 saturated heterocycles. The number of rotatable bonds is 7. The van der Waals surface area contributed by atoms with Gasteiger partial charge in [0.05, 0.1) is 49.9 Å². The first-order valence-corrected chi connectivity index (χ1v) is 12.5. The second-order valence-corrected chi connectivity index (χ2v) is 10.0. The van der Waals surface area contributed by atoms with E-state index in [1.54, 1.807) is 12.1 Å². The molecular weight excluding hydrogens is 485 g/mol. The third-order valence-electron chi connectivity index (χ3n) is 6.85. The lowest BCUT2D eigenvalue weighted by atomic mass is 10.0. The second kappa shape index (κ2) is 10.3. The molecule has 2 fully saturated rings. The van der Waals surface area contributed by atoms with E-state index in [9.17, 15) is 19.1 Å². The number of halogens is 1. The van der Waals surface area contributed by atoms with Gasteiger partial charge in [-0.2, -0.15) is 4.98 Å². The van der Waals surface area contributed by atoms with Crippen LogP contribution in [0, 0.1) is 0 Å². The fourth-order valence-electron chi connectivity index (χ4n) is 4.60. The van der Waals surface area contributed by atoms with Crippen LogP contribution in [0.4, 0.5) is 21.8 Å². The molecular formula is C25H32FN5O6. The molecule has 0 unspecified atom stereocenters. The Labute approximate surface area is 214 Å². The van der Waals surface area contributed by atoms with Crippen LogP contribution in [0.5, 0.6) is 0 Å². The monoisotopic (exact) mass is 517 g/mol. The van der Waals surface area contributed by atoms with Gasteiger partial charge in [-0.25, -0.2) is 4.39 Å². The van der Waals surface area contributed by atoms with Crippen LogP contribution in [0.1, 0.15) is 40.3 Å². The molecule has 2 N–H and O–H groups in total. The predicted molar refractivity (Wildman–Crippen MR) is 133 cm³/mol. The molecule has 1 atom stereocenters. The van der Waals surface area contributed by atoms with Crippen molar-refractivity contribution in [2.45, 2.75) is 32.2 Å². The summed E-state index contributed by atoms with van der Waals surface area (Å²) in [6.07, 6.45) is -0.276. The molecule has 0 saturated carbocycles. The Morgan fingerprint density at radius 3 is 2.43 bits per heavy atom. The quantitative estimate of drug-likeness (QED) is 0.565. The molecule has 12 heteroatoms. The first-order chi connectivity index (χ1) is 17.7. The van der Waals surface area contributed by atoms with E-state index in [0.717, 1.165) is 0 Å². The largest absolute Gasteiger partial charge is 0.431 e. The van der Waals surface area contributed by atoms with Crippen LogP contribution >= 0.6 is 0 Å². The highest BCUT2D eigenvalue weighted by atomic mass is 19.1. The maximum Gasteiger partial charge on any atom is 0.298 e. The van der Waals surface area contributed by atoms with Crippen LogP contribution in [0.15, 0.2) is 22.8 Å². The predicted octanol–water partition coefficient (Wildman–Crippen LogP) is 1.66. The number of hydrogen-bond acceptors (Lipinski definition) is 9. The van der Waals surface area contributed by atoms with Crippen molar-refractivity contribution in [2.75, 3.05) is 74.3 Å². The van der Waals surface area contributed by atoms with Crippen molar-refractivity contribution in [2.24, 2.45) is 0 Å². The lowest BCUT2D eigenvalue weighted by molar-refractivity contribution is -0.0159. The number of carbonyl (C=O) groups excluding carboxylic acids is 2. The molecule has 0 aliphatic carbocycles. The van der Waals surface area contributed by atoms with Gasteiger partial charge in [-0.1, -0.05) is 0 Å². The van der Waals surface area contributed by atoms with Gasteiger partial charge in [0.15, 0.2) is 5.69 Å². The number of nitrogens with zero attached hydrogens (tertiary/aromatic N) is 4. The van der Waals surface area contributed by atoms with Crippen LogP contribution in [0.2, 0.25) is 0 Å². The number of hydrogen-bond donors (Lipinski definition) is 2. The zero-order valence-electron chi connectivity index (χ0n) is 21.0. The molecule has 11 nitrogen and oxygen atoms in total. The minimum absolute atomic E-state index is 0.137. The molecule has 1 aromatic carbocycles. The fraction of sp³-hybridized carbons (Fsp3) is 0.560. The van der Waals surface area contributed by atoms with E-state index in [-0.39, 0.29) is 24.7 Å². The molecule has 2 aromatic rings. The first kappa shape index (κ1) is 25.4. The number of anilines is 3. The number of ether oxygens (including phenoxy) is 2. The molecule has 0 radical (unpaired) electrons. The number of morpholine rings is 2. The topological polar surface area (TPSA) is 121 Å². The molecule has 0 bridgehead atoms. The van der Waals surface area contributed by atoms with E-state index in [2.05, 4.69) is 10.3 Å². The summed E-state index contributed by atoms with van der Waals surface area (Å²) < 4.78 is 30.9. The molecule has 3 aliphatic rings. The SMILES string of the molecule is CC(C)(O)[C@H](F)CN1Cc2cc(NC(=O)c3coc(N4CCOCC4)n3)c(N3CCOCC3)cc2C1=O. The normalized spacial score (nSPS) is 19.2. The highest BCUT2D eigenvalue weighted by molar-refractivity contribution is 6.07. The molecule has 2 amide bonds. The van der Waals surface area contributed by atoms with Gasteiger partial charge >= 0.3 is 0 Å². The highest BCUT2D eigenvalue weighted by Gasteiger charge is 2.36. The summed E-state index contributed by atoms with van der Waals surface area (Å²) >= 11 is 0. The summed E-state index contributed by atoms with van der Waals surface area (Å²) in [7, 11) is 0. The zero-order valence-corrected chi connectivity index (χ0v) is 21.0. The van der Waals surface area contributed by atoms with E-state index in [0.29, 0.717) is 81.1 Å². The first-order valence-electron chi connectivity index (χ1n) is 12.5. The van der Waals surface area contributed by atoms with Gasteiger partial charge in [-0.15, -0.1) is 0 Å². The van der Waals surface area contributed by atoms with Crippen molar-refractivity contribution in [3.8, 4) is 0 Å². The van der Waals surface area contributed by atoms with E-state index in [4.69, 9.17) is 13.9 Å². The van der Waals surface area contributed by atoms with Crippen LogP contribution < -0.4 is 15.1 Å². The minimum Gasteiger partial charge on any atom is -0.431 e. The van der Waals surface area contributed by atoms with Gasteiger partial charge in [0.2, 0.25) is 0 Å². The number of fused-ring (bicyclic) bond motifs is 1. The molecule has 200 valence electrons. The van der Waals surface area contributed by atoms with Crippen molar-refractivity contribution in [1.29, 1.82) is 0 Å². The van der Waals surface area contributed by atoms with Crippen LogP contribution in [-0.4, -0.2) is 97.7 Å². The third-order valence-corrected chi connectivity index (χ3v) is 6.85. The molecule has 4 heterocycles. The highest BCUT2D eigenvalue weighted by Crippen LogP contribution is 2.36. The molecule has 3 aliphatic heterocycles. The Morgan fingerprint density at radius 1 is 1.14 bits per heavy atom. The minimum atomic E-state index is -1.60. The summed E-state index contributed by atoms with van der Waals surface area (Å²) in [4.78, 5) is 36.0. The Morgan fingerprint density at radius 2 is 1.78 bits per heavy atom. The molecule has 0 spiro atoms. The summed E-state index contributed by atoms with van der Waals surface area (Å²) in [6.45, 7) is 7.33. The summed E-state index contributed by atoms with van der Waals surface area (Å²) in [5, 5.41) is 12.9. The number of alkyl halides is 1. The molecule has 1 aromatic heterocycles. The Kier molecular flexibility index (Phi) is 7.06. The summed E-state index contributed by atoms with van der Waals surface area (Å²) in [5.74, 6) is -0.745. The van der Waals surface area contributed by atoms with Crippen molar-refractivity contribution in [1.82, 2.24) is 9.88 Å². The lowest BCUT2D eigenvalue weighted by Crippen LogP contribution is -2.42. The number of aromatic nitrogens is 1. The Bertz CT molecular complexity index is 1150. The maximum atomic E-state index is 14.6.